The average molecular weight is 313 g/mol. The normalized spacial score (nSPS) is 11.6. The van der Waals surface area contributed by atoms with Crippen molar-refractivity contribution in [1.82, 2.24) is 5.32 Å². The van der Waals surface area contributed by atoms with Crippen LogP contribution in [0.2, 0.25) is 0 Å². The molecule has 0 bridgehead atoms. The first-order valence-corrected chi connectivity index (χ1v) is 7.33. The smallest absolute Gasteiger partial charge is 0.325 e. The fourth-order valence-electron chi connectivity index (χ4n) is 1.54. The predicted octanol–water partition coefficient (Wildman–Crippen LogP) is 1.78. The molecule has 2 N–H and O–H groups in total. The van der Waals surface area contributed by atoms with Crippen molar-refractivity contribution < 1.29 is 24.2 Å². The quantitative estimate of drug-likeness (QED) is 0.712. The molecule has 0 unspecified atom stereocenters. The molecule has 7 heteroatoms. The first kappa shape index (κ1) is 17.2. The zero-order valence-corrected chi connectivity index (χ0v) is 13.0. The summed E-state index contributed by atoms with van der Waals surface area (Å²) in [6, 6.07) is 4.64. The lowest BCUT2D eigenvalue weighted by molar-refractivity contribution is -0.141. The summed E-state index contributed by atoms with van der Waals surface area (Å²) in [6.07, 6.45) is 0.247. The van der Waals surface area contributed by atoms with Crippen molar-refractivity contribution in [2.24, 2.45) is 0 Å². The van der Waals surface area contributed by atoms with Gasteiger partial charge in [-0.2, -0.15) is 0 Å². The molecular formula is C14H19NO5S. The highest BCUT2D eigenvalue weighted by Gasteiger charge is 2.13. The van der Waals surface area contributed by atoms with E-state index in [1.165, 1.54) is 18.7 Å². The van der Waals surface area contributed by atoms with Crippen LogP contribution in [0.3, 0.4) is 0 Å². The number of thioether (sulfide) groups is 1. The van der Waals surface area contributed by atoms with Crippen LogP contribution in [0.1, 0.15) is 13.3 Å². The third-order valence-corrected chi connectivity index (χ3v) is 3.70. The van der Waals surface area contributed by atoms with Gasteiger partial charge < -0.3 is 19.9 Å². The molecular weight excluding hydrogens is 294 g/mol. The largest absolute Gasteiger partial charge is 0.493 e. The number of carboxylic acids is 1. The first-order chi connectivity index (χ1) is 9.97. The molecule has 0 saturated carbocycles. The van der Waals surface area contributed by atoms with E-state index in [1.54, 1.807) is 20.3 Å². The van der Waals surface area contributed by atoms with E-state index in [1.807, 2.05) is 12.1 Å². The monoisotopic (exact) mass is 313 g/mol. The molecule has 0 heterocycles. The summed E-state index contributed by atoms with van der Waals surface area (Å²) in [5.74, 6) is 0.503. The molecule has 116 valence electrons. The molecule has 21 heavy (non-hydrogen) atoms. The SMILES string of the molecule is COc1ccc(SCCC(=O)N[C@H](C)C(=O)O)cc1OC. The standard InChI is InChI=1S/C14H19NO5S/c1-9(14(17)18)15-13(16)6-7-21-10-4-5-11(19-2)12(8-10)20-3/h4-5,8-9H,6-7H2,1-3H3,(H,15,16)(H,17,18)/t9-/m1/s1. The van der Waals surface area contributed by atoms with E-state index in [-0.39, 0.29) is 12.3 Å². The Morgan fingerprint density at radius 1 is 1.29 bits per heavy atom. The van der Waals surface area contributed by atoms with E-state index in [2.05, 4.69) is 5.32 Å². The van der Waals surface area contributed by atoms with E-state index < -0.39 is 12.0 Å². The molecule has 0 fully saturated rings. The van der Waals surface area contributed by atoms with Gasteiger partial charge in [0.1, 0.15) is 6.04 Å². The Balaban J connectivity index is 2.45. The topological polar surface area (TPSA) is 84.9 Å². The summed E-state index contributed by atoms with van der Waals surface area (Å²) in [5, 5.41) is 11.1. The molecule has 0 aliphatic heterocycles. The first-order valence-electron chi connectivity index (χ1n) is 6.35. The predicted molar refractivity (Wildman–Crippen MR) is 80.1 cm³/mol. The molecule has 0 aromatic heterocycles. The van der Waals surface area contributed by atoms with E-state index in [0.717, 1.165) is 4.90 Å². The number of ether oxygens (including phenoxy) is 2. The van der Waals surface area contributed by atoms with Crippen molar-refractivity contribution in [3.05, 3.63) is 18.2 Å². The molecule has 0 aliphatic carbocycles. The maximum atomic E-state index is 11.5. The Kier molecular flexibility index (Phi) is 6.87. The number of hydrogen-bond donors (Lipinski definition) is 2. The van der Waals surface area contributed by atoms with E-state index >= 15 is 0 Å². The zero-order valence-electron chi connectivity index (χ0n) is 12.2. The second kappa shape index (κ2) is 8.41. The lowest BCUT2D eigenvalue weighted by Crippen LogP contribution is -2.38. The van der Waals surface area contributed by atoms with Gasteiger partial charge in [-0.3, -0.25) is 9.59 Å². The second-order valence-corrected chi connectivity index (χ2v) is 5.41. The third kappa shape index (κ3) is 5.55. The van der Waals surface area contributed by atoms with E-state index in [4.69, 9.17) is 14.6 Å². The summed E-state index contributed by atoms with van der Waals surface area (Å²) < 4.78 is 10.3. The van der Waals surface area contributed by atoms with Crippen molar-refractivity contribution in [2.45, 2.75) is 24.3 Å². The highest BCUT2D eigenvalue weighted by molar-refractivity contribution is 7.99. The van der Waals surface area contributed by atoms with E-state index in [0.29, 0.717) is 17.3 Å². The Hall–Kier alpha value is -1.89. The fourth-order valence-corrected chi connectivity index (χ4v) is 2.42. The summed E-state index contributed by atoms with van der Waals surface area (Å²) in [4.78, 5) is 23.1. The minimum atomic E-state index is -1.05. The van der Waals surface area contributed by atoms with Crippen LogP contribution in [0.15, 0.2) is 23.1 Å². The molecule has 1 atom stereocenters. The van der Waals surface area contributed by atoms with E-state index in [9.17, 15) is 9.59 Å². The van der Waals surface area contributed by atoms with Crippen molar-refractivity contribution in [3.8, 4) is 11.5 Å². The lowest BCUT2D eigenvalue weighted by atomic mass is 10.3. The molecule has 0 saturated heterocycles. The van der Waals surface area contributed by atoms with Crippen molar-refractivity contribution >= 4 is 23.6 Å². The van der Waals surface area contributed by atoms with Crippen molar-refractivity contribution in [2.75, 3.05) is 20.0 Å². The number of carboxylic acid groups (broad SMARTS) is 1. The number of benzene rings is 1. The van der Waals surface area contributed by atoms with Gasteiger partial charge >= 0.3 is 5.97 Å². The van der Waals surface area contributed by atoms with Crippen LogP contribution in [0.5, 0.6) is 11.5 Å². The summed E-state index contributed by atoms with van der Waals surface area (Å²) in [5.41, 5.74) is 0. The van der Waals surface area contributed by atoms with Gasteiger partial charge in [0.25, 0.3) is 0 Å². The van der Waals surface area contributed by atoms with Gasteiger partial charge in [0.15, 0.2) is 11.5 Å². The summed E-state index contributed by atoms with van der Waals surface area (Å²) in [6.45, 7) is 1.43. The van der Waals surface area contributed by atoms with Crippen LogP contribution in [0.4, 0.5) is 0 Å². The Bertz CT molecular complexity index is 506. The molecule has 1 rings (SSSR count). The van der Waals surface area contributed by atoms with Gasteiger partial charge in [0.05, 0.1) is 14.2 Å². The molecule has 0 aliphatic rings. The van der Waals surface area contributed by atoms with Gasteiger partial charge in [0, 0.05) is 17.1 Å². The Labute approximate surface area is 127 Å². The number of carbonyl (C=O) groups is 2. The molecule has 0 spiro atoms. The van der Waals surface area contributed by atoms with Gasteiger partial charge in [-0.1, -0.05) is 0 Å². The zero-order chi connectivity index (χ0) is 15.8. The van der Waals surface area contributed by atoms with Gasteiger partial charge in [-0.25, -0.2) is 0 Å². The van der Waals surface area contributed by atoms with Crippen molar-refractivity contribution in [3.63, 3.8) is 0 Å². The number of hydrogen-bond acceptors (Lipinski definition) is 5. The average Bonchev–Trinajstić information content (AvgIpc) is 2.46. The van der Waals surface area contributed by atoms with Crippen LogP contribution in [-0.2, 0) is 9.59 Å². The van der Waals surface area contributed by atoms with Crippen LogP contribution >= 0.6 is 11.8 Å². The van der Waals surface area contributed by atoms with Crippen LogP contribution < -0.4 is 14.8 Å². The number of aliphatic carboxylic acids is 1. The highest BCUT2D eigenvalue weighted by atomic mass is 32.2. The lowest BCUT2D eigenvalue weighted by Gasteiger charge is -2.10. The molecule has 1 aromatic carbocycles. The maximum Gasteiger partial charge on any atom is 0.325 e. The van der Waals surface area contributed by atoms with Crippen LogP contribution in [0.25, 0.3) is 0 Å². The van der Waals surface area contributed by atoms with Crippen LogP contribution in [-0.4, -0.2) is 43.0 Å². The van der Waals surface area contributed by atoms with Gasteiger partial charge in [-0.05, 0) is 25.1 Å². The van der Waals surface area contributed by atoms with Crippen LogP contribution in [0, 0.1) is 0 Å². The minimum absolute atomic E-state index is 0.247. The summed E-state index contributed by atoms with van der Waals surface area (Å²) >= 11 is 1.49. The van der Waals surface area contributed by atoms with Gasteiger partial charge in [0.2, 0.25) is 5.91 Å². The Morgan fingerprint density at radius 2 is 1.95 bits per heavy atom. The number of carbonyl (C=O) groups excluding carboxylic acids is 1. The second-order valence-electron chi connectivity index (χ2n) is 4.24. The molecule has 1 aromatic rings. The van der Waals surface area contributed by atoms with Gasteiger partial charge in [-0.15, -0.1) is 11.8 Å². The number of amides is 1. The fraction of sp³-hybridized carbons (Fsp3) is 0.429. The number of methoxy groups -OCH3 is 2. The summed E-state index contributed by atoms with van der Waals surface area (Å²) in [7, 11) is 3.13. The highest BCUT2D eigenvalue weighted by Crippen LogP contribution is 2.31. The molecule has 1 amide bonds. The third-order valence-electron chi connectivity index (χ3n) is 2.70. The molecule has 6 nitrogen and oxygen atoms in total. The number of nitrogens with one attached hydrogen (secondary N) is 1. The Morgan fingerprint density at radius 3 is 2.52 bits per heavy atom. The van der Waals surface area contributed by atoms with Crippen molar-refractivity contribution in [1.29, 1.82) is 0 Å². The number of rotatable bonds is 8. The molecule has 0 radical (unpaired) electrons. The maximum absolute atomic E-state index is 11.5. The minimum Gasteiger partial charge on any atom is -0.493 e.